The Morgan fingerprint density at radius 2 is 1.83 bits per heavy atom. The molecule has 0 saturated heterocycles. The van der Waals surface area contributed by atoms with Crippen LogP contribution in [0.2, 0.25) is 0 Å². The lowest BCUT2D eigenvalue weighted by Crippen LogP contribution is -2.11. The number of benzene rings is 2. The summed E-state index contributed by atoms with van der Waals surface area (Å²) in [6.07, 6.45) is 0.907. The lowest BCUT2D eigenvalue weighted by atomic mass is 10.0. The fourth-order valence-corrected chi connectivity index (χ4v) is 4.41. The van der Waals surface area contributed by atoms with E-state index in [0.717, 1.165) is 20.9 Å². The van der Waals surface area contributed by atoms with Gasteiger partial charge in [0.1, 0.15) is 5.75 Å². The predicted octanol–water partition coefficient (Wildman–Crippen LogP) is 2.41. The van der Waals surface area contributed by atoms with Gasteiger partial charge in [0.15, 0.2) is 0 Å². The fourth-order valence-electron chi connectivity index (χ4n) is 2.55. The largest absolute Gasteiger partial charge is 0.494 e. The van der Waals surface area contributed by atoms with Gasteiger partial charge in [-0.05, 0) is 48.2 Å². The molecule has 7 heteroatoms. The van der Waals surface area contributed by atoms with Crippen LogP contribution in [0.1, 0.15) is 17.5 Å². The van der Waals surface area contributed by atoms with Gasteiger partial charge in [-0.15, -0.1) is 0 Å². The Hall–Kier alpha value is -1.70. The molecule has 0 aliphatic carbocycles. The van der Waals surface area contributed by atoms with Crippen molar-refractivity contribution in [3.05, 3.63) is 53.6 Å². The van der Waals surface area contributed by atoms with Gasteiger partial charge in [0.2, 0.25) is 0 Å². The summed E-state index contributed by atoms with van der Waals surface area (Å²) >= 11 is 0. The number of rotatable bonds is 5. The van der Waals surface area contributed by atoms with Crippen molar-refractivity contribution in [2.75, 3.05) is 12.4 Å². The van der Waals surface area contributed by atoms with E-state index < -0.39 is 20.9 Å². The molecule has 0 fully saturated rings. The second-order valence-corrected chi connectivity index (χ2v) is 8.30. The van der Waals surface area contributed by atoms with Crippen LogP contribution in [0.25, 0.3) is 0 Å². The summed E-state index contributed by atoms with van der Waals surface area (Å²) in [5.41, 5.74) is 2.00. The van der Waals surface area contributed by atoms with E-state index in [9.17, 15) is 12.6 Å². The molecule has 0 radical (unpaired) electrons. The van der Waals surface area contributed by atoms with Gasteiger partial charge in [-0.2, -0.15) is 8.42 Å². The molecule has 23 heavy (non-hydrogen) atoms. The predicted molar refractivity (Wildman–Crippen MR) is 86.9 cm³/mol. The third-order valence-electron chi connectivity index (χ3n) is 3.60. The Labute approximate surface area is 137 Å². The van der Waals surface area contributed by atoms with Crippen LogP contribution in [0.3, 0.4) is 0 Å². The average molecular weight is 352 g/mol. The Bertz CT molecular complexity index is 859. The molecule has 1 aliphatic heterocycles. The Morgan fingerprint density at radius 1 is 1.09 bits per heavy atom. The third kappa shape index (κ3) is 3.80. The van der Waals surface area contributed by atoms with Crippen LogP contribution in [-0.4, -0.2) is 29.5 Å². The smallest absolute Gasteiger partial charge is 0.264 e. The second kappa shape index (κ2) is 6.43. The first-order valence-electron chi connectivity index (χ1n) is 7.14. The van der Waals surface area contributed by atoms with Crippen LogP contribution >= 0.6 is 0 Å². The van der Waals surface area contributed by atoms with E-state index in [0.29, 0.717) is 12.2 Å². The molecular weight excluding hydrogens is 336 g/mol. The molecule has 122 valence electrons. The highest BCUT2D eigenvalue weighted by Gasteiger charge is 2.22. The lowest BCUT2D eigenvalue weighted by Gasteiger charge is -2.19. The van der Waals surface area contributed by atoms with Crippen LogP contribution < -0.4 is 4.74 Å². The van der Waals surface area contributed by atoms with E-state index in [2.05, 4.69) is 0 Å². The van der Waals surface area contributed by atoms with E-state index in [1.54, 1.807) is 12.1 Å². The number of hydrogen-bond donors (Lipinski definition) is 1. The minimum atomic E-state index is -3.95. The van der Waals surface area contributed by atoms with E-state index in [-0.39, 0.29) is 18.8 Å². The van der Waals surface area contributed by atoms with Gasteiger partial charge in [-0.1, -0.05) is 18.2 Å². The number of fused-ring (bicyclic) bond motifs is 2. The standard InChI is InChI=1S/C16H16O5S2/c17-22-15-5-2-1-4-12(15)10-13-11-14(6-7-16(13)22)21-8-3-9-23(18,19)20/h1-2,4-7,11H,3,8-10H2,(H,18,19,20). The molecule has 0 spiro atoms. The Kier molecular flexibility index (Phi) is 4.52. The summed E-state index contributed by atoms with van der Waals surface area (Å²) in [6.45, 7) is 0.193. The highest BCUT2D eigenvalue weighted by Crippen LogP contribution is 2.33. The first-order valence-corrected chi connectivity index (χ1v) is 9.90. The van der Waals surface area contributed by atoms with Crippen LogP contribution in [0.15, 0.2) is 52.3 Å². The Morgan fingerprint density at radius 3 is 2.61 bits per heavy atom. The van der Waals surface area contributed by atoms with Crippen molar-refractivity contribution in [2.24, 2.45) is 0 Å². The molecule has 0 saturated carbocycles. The molecule has 1 heterocycles. The number of hydrogen-bond acceptors (Lipinski definition) is 4. The van der Waals surface area contributed by atoms with Gasteiger partial charge in [0, 0.05) is 9.79 Å². The topological polar surface area (TPSA) is 80.7 Å². The quantitative estimate of drug-likeness (QED) is 0.563. The molecule has 0 bridgehead atoms. The SMILES string of the molecule is O=S1c2ccccc2Cc2cc(OCCCS(=O)(=O)O)ccc21. The number of ether oxygens (including phenoxy) is 1. The summed E-state index contributed by atoms with van der Waals surface area (Å²) < 4.78 is 48.1. The normalized spacial score (nSPS) is 16.5. The van der Waals surface area contributed by atoms with Crippen molar-refractivity contribution < 1.29 is 21.9 Å². The van der Waals surface area contributed by atoms with Crippen molar-refractivity contribution in [1.82, 2.24) is 0 Å². The highest BCUT2D eigenvalue weighted by molar-refractivity contribution is 7.85. The molecule has 5 nitrogen and oxygen atoms in total. The lowest BCUT2D eigenvalue weighted by molar-refractivity contribution is 0.315. The summed E-state index contributed by atoms with van der Waals surface area (Å²) in [7, 11) is -5.14. The summed E-state index contributed by atoms with van der Waals surface area (Å²) in [5, 5.41) is 0. The van der Waals surface area contributed by atoms with Gasteiger partial charge in [-0.3, -0.25) is 4.55 Å². The van der Waals surface area contributed by atoms with Crippen molar-refractivity contribution in [1.29, 1.82) is 0 Å². The molecule has 2 aromatic rings. The van der Waals surface area contributed by atoms with E-state index in [1.807, 2.05) is 30.3 Å². The zero-order valence-electron chi connectivity index (χ0n) is 12.3. The molecule has 1 N–H and O–H groups in total. The van der Waals surface area contributed by atoms with E-state index in [4.69, 9.17) is 9.29 Å². The molecule has 2 aromatic carbocycles. The highest BCUT2D eigenvalue weighted by atomic mass is 32.2. The molecule has 0 amide bonds. The summed E-state index contributed by atoms with van der Waals surface area (Å²) in [5.74, 6) is 0.283. The van der Waals surface area contributed by atoms with Crippen LogP contribution in [-0.2, 0) is 27.3 Å². The monoisotopic (exact) mass is 352 g/mol. The maximum absolute atomic E-state index is 12.6. The van der Waals surface area contributed by atoms with Gasteiger partial charge in [-0.25, -0.2) is 4.21 Å². The minimum absolute atomic E-state index is 0.193. The van der Waals surface area contributed by atoms with Crippen molar-refractivity contribution >= 4 is 20.9 Å². The van der Waals surface area contributed by atoms with Crippen molar-refractivity contribution in [3.8, 4) is 5.75 Å². The van der Waals surface area contributed by atoms with Gasteiger partial charge in [0.05, 0.1) is 23.2 Å². The Balaban J connectivity index is 1.73. The van der Waals surface area contributed by atoms with Crippen molar-refractivity contribution in [3.63, 3.8) is 0 Å². The maximum atomic E-state index is 12.6. The molecule has 0 aromatic heterocycles. The van der Waals surface area contributed by atoms with E-state index >= 15 is 0 Å². The molecular formula is C16H16O5S2. The zero-order valence-corrected chi connectivity index (χ0v) is 13.9. The van der Waals surface area contributed by atoms with Crippen molar-refractivity contribution in [2.45, 2.75) is 22.6 Å². The van der Waals surface area contributed by atoms with Crippen LogP contribution in [0.4, 0.5) is 0 Å². The second-order valence-electron chi connectivity index (χ2n) is 5.31. The molecule has 1 aliphatic rings. The maximum Gasteiger partial charge on any atom is 0.264 e. The molecule has 1 atom stereocenters. The fraction of sp³-hybridized carbons (Fsp3) is 0.250. The van der Waals surface area contributed by atoms with Crippen LogP contribution in [0.5, 0.6) is 5.75 Å². The average Bonchev–Trinajstić information content (AvgIpc) is 2.51. The first kappa shape index (κ1) is 16.2. The van der Waals surface area contributed by atoms with Gasteiger partial charge < -0.3 is 4.74 Å². The minimum Gasteiger partial charge on any atom is -0.494 e. The van der Waals surface area contributed by atoms with E-state index in [1.165, 1.54) is 0 Å². The zero-order chi connectivity index (χ0) is 16.4. The summed E-state index contributed by atoms with van der Waals surface area (Å²) in [6, 6.07) is 13.0. The molecule has 1 unspecified atom stereocenters. The van der Waals surface area contributed by atoms with Gasteiger partial charge >= 0.3 is 0 Å². The molecule has 3 rings (SSSR count). The van der Waals surface area contributed by atoms with Crippen LogP contribution in [0, 0.1) is 0 Å². The summed E-state index contributed by atoms with van der Waals surface area (Å²) in [4.78, 5) is 1.64. The van der Waals surface area contributed by atoms with Gasteiger partial charge in [0.25, 0.3) is 10.1 Å². The third-order valence-corrected chi connectivity index (χ3v) is 6.00. The first-order chi connectivity index (χ1) is 10.9.